The maximum atomic E-state index is 12.4. The van der Waals surface area contributed by atoms with E-state index in [4.69, 9.17) is 4.74 Å². The Bertz CT molecular complexity index is 788. The van der Waals surface area contributed by atoms with Crippen LogP contribution in [0.2, 0.25) is 0 Å². The van der Waals surface area contributed by atoms with Crippen LogP contribution in [0.3, 0.4) is 0 Å². The Balaban J connectivity index is 1.44. The van der Waals surface area contributed by atoms with E-state index in [0.717, 1.165) is 17.7 Å². The lowest BCUT2D eigenvalue weighted by Gasteiger charge is -2.28. The molecule has 1 heterocycles. The van der Waals surface area contributed by atoms with E-state index >= 15 is 0 Å². The molecule has 2 aromatic carbocycles. The predicted octanol–water partition coefficient (Wildman–Crippen LogP) is 2.33. The van der Waals surface area contributed by atoms with Gasteiger partial charge in [-0.25, -0.2) is 0 Å². The first kappa shape index (κ1) is 18.0. The molecule has 5 heteroatoms. The minimum atomic E-state index is -0.225. The lowest BCUT2D eigenvalue weighted by Crippen LogP contribution is -2.39. The van der Waals surface area contributed by atoms with Crippen molar-refractivity contribution in [3.63, 3.8) is 0 Å². The van der Waals surface area contributed by atoms with Crippen molar-refractivity contribution in [3.8, 4) is 5.75 Å². The highest BCUT2D eigenvalue weighted by molar-refractivity contribution is 5.96. The number of methoxy groups -OCH3 is 1. The summed E-state index contributed by atoms with van der Waals surface area (Å²) >= 11 is 0. The Morgan fingerprint density at radius 3 is 2.73 bits per heavy atom. The van der Waals surface area contributed by atoms with Crippen molar-refractivity contribution in [2.24, 2.45) is 0 Å². The number of amides is 2. The maximum Gasteiger partial charge on any atom is 0.232 e. The number of hydrogen-bond acceptors (Lipinski definition) is 3. The molecule has 2 aromatic rings. The lowest BCUT2D eigenvalue weighted by atomic mass is 10.00. The molecule has 0 saturated heterocycles. The number of nitrogens with zero attached hydrogens (tertiary/aromatic N) is 1. The van der Waals surface area contributed by atoms with Gasteiger partial charge in [-0.3, -0.25) is 9.59 Å². The molecule has 0 unspecified atom stereocenters. The standard InChI is InChI=1S/C21H24N2O3/c1-26-19-8-4-5-16(13-19)9-11-22-20(24)14-21(25)23-12-10-17-6-2-3-7-18(17)15-23/h2-8,13H,9-12,14-15H2,1H3,(H,22,24). The largest absolute Gasteiger partial charge is 0.497 e. The zero-order valence-electron chi connectivity index (χ0n) is 15.0. The molecular weight excluding hydrogens is 328 g/mol. The third-order valence-corrected chi connectivity index (χ3v) is 4.67. The molecule has 1 aliphatic heterocycles. The van der Waals surface area contributed by atoms with Crippen molar-refractivity contribution in [1.82, 2.24) is 10.2 Å². The maximum absolute atomic E-state index is 12.4. The first-order valence-corrected chi connectivity index (χ1v) is 8.90. The highest BCUT2D eigenvalue weighted by Crippen LogP contribution is 2.19. The van der Waals surface area contributed by atoms with Gasteiger partial charge >= 0.3 is 0 Å². The average molecular weight is 352 g/mol. The number of benzene rings is 2. The third-order valence-electron chi connectivity index (χ3n) is 4.67. The average Bonchev–Trinajstić information content (AvgIpc) is 2.67. The molecule has 3 rings (SSSR count). The van der Waals surface area contributed by atoms with Gasteiger partial charge in [0.1, 0.15) is 12.2 Å². The summed E-state index contributed by atoms with van der Waals surface area (Å²) in [5, 5.41) is 2.83. The van der Waals surface area contributed by atoms with E-state index in [-0.39, 0.29) is 18.2 Å². The molecule has 0 atom stereocenters. The predicted molar refractivity (Wildman–Crippen MR) is 99.9 cm³/mol. The van der Waals surface area contributed by atoms with Crippen molar-refractivity contribution in [1.29, 1.82) is 0 Å². The molecule has 0 aliphatic carbocycles. The quantitative estimate of drug-likeness (QED) is 0.812. The van der Waals surface area contributed by atoms with E-state index in [9.17, 15) is 9.59 Å². The Morgan fingerprint density at radius 2 is 1.92 bits per heavy atom. The number of carbonyl (C=O) groups excluding carboxylic acids is 2. The molecular formula is C21H24N2O3. The molecule has 0 radical (unpaired) electrons. The fourth-order valence-corrected chi connectivity index (χ4v) is 3.19. The van der Waals surface area contributed by atoms with Crippen molar-refractivity contribution < 1.29 is 14.3 Å². The summed E-state index contributed by atoms with van der Waals surface area (Å²) in [4.78, 5) is 26.2. The second-order valence-electron chi connectivity index (χ2n) is 6.46. The summed E-state index contributed by atoms with van der Waals surface area (Å²) in [5.41, 5.74) is 3.55. The van der Waals surface area contributed by atoms with Gasteiger partial charge in [0.25, 0.3) is 0 Å². The molecule has 26 heavy (non-hydrogen) atoms. The van der Waals surface area contributed by atoms with E-state index in [1.165, 1.54) is 11.1 Å². The van der Waals surface area contributed by atoms with E-state index in [1.807, 2.05) is 42.5 Å². The molecule has 1 aliphatic rings. The van der Waals surface area contributed by atoms with E-state index in [2.05, 4.69) is 11.4 Å². The van der Waals surface area contributed by atoms with Gasteiger partial charge in [0.05, 0.1) is 7.11 Å². The van der Waals surface area contributed by atoms with Gasteiger partial charge in [-0.15, -0.1) is 0 Å². The van der Waals surface area contributed by atoms with E-state index < -0.39 is 0 Å². The minimum Gasteiger partial charge on any atom is -0.497 e. The third kappa shape index (κ3) is 4.63. The van der Waals surface area contributed by atoms with Gasteiger partial charge in [-0.05, 0) is 41.7 Å². The molecule has 1 N–H and O–H groups in total. The normalized spacial score (nSPS) is 13.0. The Morgan fingerprint density at radius 1 is 1.12 bits per heavy atom. The zero-order valence-corrected chi connectivity index (χ0v) is 15.0. The van der Waals surface area contributed by atoms with Crippen LogP contribution < -0.4 is 10.1 Å². The van der Waals surface area contributed by atoms with Crippen LogP contribution in [0.15, 0.2) is 48.5 Å². The van der Waals surface area contributed by atoms with E-state index in [0.29, 0.717) is 26.1 Å². The molecule has 136 valence electrons. The van der Waals surface area contributed by atoms with Gasteiger partial charge < -0.3 is 15.0 Å². The zero-order chi connectivity index (χ0) is 18.4. The summed E-state index contributed by atoms with van der Waals surface area (Å²) in [7, 11) is 1.63. The van der Waals surface area contributed by atoms with Gasteiger partial charge in [0.2, 0.25) is 11.8 Å². The number of fused-ring (bicyclic) bond motifs is 1. The molecule has 0 fully saturated rings. The molecule has 0 saturated carbocycles. The van der Waals surface area contributed by atoms with Crippen LogP contribution in [0.25, 0.3) is 0 Å². The first-order chi connectivity index (χ1) is 12.7. The fourth-order valence-electron chi connectivity index (χ4n) is 3.19. The first-order valence-electron chi connectivity index (χ1n) is 8.90. The van der Waals surface area contributed by atoms with Crippen LogP contribution in [0.5, 0.6) is 5.75 Å². The Labute approximate surface area is 154 Å². The van der Waals surface area contributed by atoms with Crippen molar-refractivity contribution >= 4 is 11.8 Å². The van der Waals surface area contributed by atoms with Crippen LogP contribution in [-0.2, 0) is 29.0 Å². The van der Waals surface area contributed by atoms with Gasteiger partial charge in [0.15, 0.2) is 0 Å². The Hall–Kier alpha value is -2.82. The summed E-state index contributed by atoms with van der Waals surface area (Å²) in [5.74, 6) is 0.463. The van der Waals surface area contributed by atoms with E-state index in [1.54, 1.807) is 12.0 Å². The second kappa shape index (κ2) is 8.52. The van der Waals surface area contributed by atoms with Crippen LogP contribution >= 0.6 is 0 Å². The number of carbonyl (C=O) groups is 2. The minimum absolute atomic E-state index is 0.0969. The van der Waals surface area contributed by atoms with Crippen molar-refractivity contribution in [3.05, 3.63) is 65.2 Å². The molecule has 2 amide bonds. The van der Waals surface area contributed by atoms with Crippen LogP contribution in [-0.4, -0.2) is 36.9 Å². The number of ether oxygens (including phenoxy) is 1. The second-order valence-corrected chi connectivity index (χ2v) is 6.46. The lowest BCUT2D eigenvalue weighted by molar-refractivity contribution is -0.136. The fraction of sp³-hybridized carbons (Fsp3) is 0.333. The highest BCUT2D eigenvalue weighted by Gasteiger charge is 2.22. The molecule has 0 bridgehead atoms. The van der Waals surface area contributed by atoms with Crippen molar-refractivity contribution in [2.75, 3.05) is 20.2 Å². The molecule has 0 spiro atoms. The highest BCUT2D eigenvalue weighted by atomic mass is 16.5. The SMILES string of the molecule is COc1cccc(CCNC(=O)CC(=O)N2CCc3ccccc3C2)c1. The topological polar surface area (TPSA) is 58.6 Å². The van der Waals surface area contributed by atoms with Crippen LogP contribution in [0.1, 0.15) is 23.1 Å². The van der Waals surface area contributed by atoms with Gasteiger partial charge in [-0.1, -0.05) is 36.4 Å². The summed E-state index contributed by atoms with van der Waals surface area (Å²) in [6, 6.07) is 15.9. The van der Waals surface area contributed by atoms with Gasteiger partial charge in [0, 0.05) is 19.6 Å². The van der Waals surface area contributed by atoms with Crippen molar-refractivity contribution in [2.45, 2.75) is 25.8 Å². The number of nitrogens with one attached hydrogen (secondary N) is 1. The number of hydrogen-bond donors (Lipinski definition) is 1. The smallest absolute Gasteiger partial charge is 0.232 e. The summed E-state index contributed by atoms with van der Waals surface area (Å²) < 4.78 is 5.19. The van der Waals surface area contributed by atoms with Crippen LogP contribution in [0, 0.1) is 0 Å². The number of rotatable bonds is 6. The molecule has 5 nitrogen and oxygen atoms in total. The summed E-state index contributed by atoms with van der Waals surface area (Å²) in [6.45, 7) is 1.77. The molecule has 0 aromatic heterocycles. The van der Waals surface area contributed by atoms with Crippen LogP contribution in [0.4, 0.5) is 0 Å². The Kier molecular flexibility index (Phi) is 5.89. The summed E-state index contributed by atoms with van der Waals surface area (Å²) in [6.07, 6.45) is 1.45. The van der Waals surface area contributed by atoms with Gasteiger partial charge in [-0.2, -0.15) is 0 Å². The monoisotopic (exact) mass is 352 g/mol.